The van der Waals surface area contributed by atoms with Crippen molar-refractivity contribution in [1.29, 1.82) is 0 Å². The summed E-state index contributed by atoms with van der Waals surface area (Å²) in [7, 11) is 1.95. The largest absolute Gasteiger partial charge is 0.320 e. The number of carbonyl (C=O) groups is 1. The van der Waals surface area contributed by atoms with Crippen molar-refractivity contribution in [2.24, 2.45) is 5.41 Å². The number of amides is 1. The molecule has 0 saturated carbocycles. The number of hydrogen-bond acceptors (Lipinski definition) is 2. The number of halogens is 1. The topological polar surface area (TPSA) is 32.3 Å². The van der Waals surface area contributed by atoms with E-state index in [1.54, 1.807) is 0 Å². The number of benzene rings is 1. The smallest absolute Gasteiger partial charge is 0.237 e. The molecule has 1 unspecified atom stereocenters. The van der Waals surface area contributed by atoms with Crippen molar-refractivity contribution in [3.8, 4) is 0 Å². The van der Waals surface area contributed by atoms with E-state index in [9.17, 15) is 4.79 Å². The molecule has 1 amide bonds. The maximum absolute atomic E-state index is 13.5. The molecule has 3 nitrogen and oxygen atoms in total. The van der Waals surface area contributed by atoms with Crippen molar-refractivity contribution in [2.45, 2.75) is 46.0 Å². The Morgan fingerprint density at radius 2 is 1.96 bits per heavy atom. The minimum absolute atomic E-state index is 0.220. The van der Waals surface area contributed by atoms with E-state index in [1.807, 2.05) is 11.9 Å². The highest BCUT2D eigenvalue weighted by Crippen LogP contribution is 2.46. The van der Waals surface area contributed by atoms with Crippen molar-refractivity contribution in [2.75, 3.05) is 18.5 Å². The summed E-state index contributed by atoms with van der Waals surface area (Å²) in [5.74, 6) is 0.220. The minimum atomic E-state index is -0.383. The van der Waals surface area contributed by atoms with Gasteiger partial charge in [0.25, 0.3) is 0 Å². The number of allylic oxidation sites excluding steroid dienone is 4. The van der Waals surface area contributed by atoms with E-state index in [0.29, 0.717) is 0 Å². The molecule has 0 bridgehead atoms. The van der Waals surface area contributed by atoms with Gasteiger partial charge in [-0.05, 0) is 76.4 Å². The fourth-order valence-corrected chi connectivity index (χ4v) is 4.08. The van der Waals surface area contributed by atoms with Crippen molar-refractivity contribution >= 4 is 23.2 Å². The third kappa shape index (κ3) is 3.68. The molecule has 0 radical (unpaired) electrons. The predicted molar refractivity (Wildman–Crippen MR) is 105 cm³/mol. The van der Waals surface area contributed by atoms with Crippen LogP contribution in [0.5, 0.6) is 0 Å². The summed E-state index contributed by atoms with van der Waals surface area (Å²) in [6.07, 6.45) is 6.37. The first kappa shape index (κ1) is 18.2. The van der Waals surface area contributed by atoms with E-state index >= 15 is 0 Å². The van der Waals surface area contributed by atoms with Crippen LogP contribution in [0.2, 0.25) is 0 Å². The zero-order valence-electron chi connectivity index (χ0n) is 15.4. The molecule has 1 aromatic rings. The second-order valence-electron chi connectivity index (χ2n) is 7.48. The highest BCUT2D eigenvalue weighted by atomic mass is 35.5. The molecule has 1 N–H and O–H groups in total. The molecular formula is C21H27ClN2O. The van der Waals surface area contributed by atoms with Gasteiger partial charge in [-0.3, -0.25) is 9.69 Å². The number of anilines is 1. The fourth-order valence-electron chi connectivity index (χ4n) is 3.86. The van der Waals surface area contributed by atoms with E-state index in [-0.39, 0.29) is 11.3 Å². The first-order valence-corrected chi connectivity index (χ1v) is 9.46. The molecule has 1 aliphatic heterocycles. The maximum Gasteiger partial charge on any atom is 0.237 e. The fraction of sp³-hybridized carbons (Fsp3) is 0.476. The van der Waals surface area contributed by atoms with E-state index < -0.39 is 0 Å². The Labute approximate surface area is 155 Å². The van der Waals surface area contributed by atoms with Crippen molar-refractivity contribution in [3.05, 3.63) is 52.2 Å². The molecule has 4 heteroatoms. The van der Waals surface area contributed by atoms with Gasteiger partial charge in [-0.2, -0.15) is 0 Å². The predicted octanol–water partition coefficient (Wildman–Crippen LogP) is 4.91. The van der Waals surface area contributed by atoms with Crippen molar-refractivity contribution in [1.82, 2.24) is 5.32 Å². The summed E-state index contributed by atoms with van der Waals surface area (Å²) < 4.78 is 0. The van der Waals surface area contributed by atoms with Crippen LogP contribution in [0.4, 0.5) is 5.69 Å². The molecule has 1 atom stereocenters. The quantitative estimate of drug-likeness (QED) is 0.758. The van der Waals surface area contributed by atoms with E-state index in [2.05, 4.69) is 49.5 Å². The third-order valence-corrected chi connectivity index (χ3v) is 5.62. The van der Waals surface area contributed by atoms with Gasteiger partial charge in [0, 0.05) is 16.4 Å². The molecule has 0 spiro atoms. The van der Waals surface area contributed by atoms with Crippen molar-refractivity contribution in [3.63, 3.8) is 0 Å². The molecule has 2 aliphatic rings. The Balaban J connectivity index is 2.01. The Morgan fingerprint density at radius 1 is 1.24 bits per heavy atom. The van der Waals surface area contributed by atoms with Crippen LogP contribution in [-0.2, 0) is 4.79 Å². The van der Waals surface area contributed by atoms with Crippen molar-refractivity contribution < 1.29 is 4.79 Å². The Kier molecular flexibility index (Phi) is 5.35. The lowest BCUT2D eigenvalue weighted by atomic mass is 9.73. The van der Waals surface area contributed by atoms with Crippen LogP contribution in [-0.4, -0.2) is 19.5 Å². The second kappa shape index (κ2) is 7.35. The molecule has 1 aromatic carbocycles. The first-order valence-electron chi connectivity index (χ1n) is 9.08. The van der Waals surface area contributed by atoms with Crippen LogP contribution in [0, 0.1) is 12.3 Å². The van der Waals surface area contributed by atoms with E-state index in [4.69, 9.17) is 11.6 Å². The number of nitrogens with one attached hydrogen (secondary N) is 1. The molecule has 3 rings (SSSR count). The molecular weight excluding hydrogens is 332 g/mol. The maximum atomic E-state index is 13.5. The summed E-state index contributed by atoms with van der Waals surface area (Å²) in [5.41, 5.74) is 4.14. The molecule has 0 fully saturated rings. The van der Waals surface area contributed by atoms with Crippen LogP contribution < -0.4 is 10.2 Å². The van der Waals surface area contributed by atoms with Gasteiger partial charge < -0.3 is 5.32 Å². The lowest BCUT2D eigenvalue weighted by Crippen LogP contribution is -2.47. The SMILES string of the molecule is CNCCCC1(C)CC2=C(CCC(Cl)=C2)N(c2ccc(C)cc2)C1=O. The van der Waals surface area contributed by atoms with Gasteiger partial charge in [-0.1, -0.05) is 36.2 Å². The van der Waals surface area contributed by atoms with Crippen LogP contribution in [0.1, 0.15) is 44.6 Å². The van der Waals surface area contributed by atoms with Crippen LogP contribution in [0.15, 0.2) is 46.6 Å². The van der Waals surface area contributed by atoms with Crippen LogP contribution >= 0.6 is 11.6 Å². The minimum Gasteiger partial charge on any atom is -0.320 e. The number of carbonyl (C=O) groups excluding carboxylic acids is 1. The Morgan fingerprint density at radius 3 is 2.64 bits per heavy atom. The monoisotopic (exact) mass is 358 g/mol. The molecule has 25 heavy (non-hydrogen) atoms. The normalized spacial score (nSPS) is 23.6. The Bertz CT molecular complexity index is 720. The number of nitrogens with zero attached hydrogens (tertiary/aromatic N) is 1. The van der Waals surface area contributed by atoms with Gasteiger partial charge >= 0.3 is 0 Å². The summed E-state index contributed by atoms with van der Waals surface area (Å²) in [6, 6.07) is 8.25. The van der Waals surface area contributed by atoms with Crippen LogP contribution in [0.25, 0.3) is 0 Å². The highest BCUT2D eigenvalue weighted by molar-refractivity contribution is 6.30. The molecule has 0 aromatic heterocycles. The summed E-state index contributed by atoms with van der Waals surface area (Å²) in [4.78, 5) is 15.4. The van der Waals surface area contributed by atoms with Gasteiger partial charge in [0.1, 0.15) is 0 Å². The molecule has 1 heterocycles. The standard InChI is InChI=1S/C21H27ClN2O/c1-15-5-8-18(9-6-15)24-19-10-7-17(22)13-16(19)14-21(2,20(24)25)11-4-12-23-3/h5-6,8-9,13,23H,4,7,10-12,14H2,1-3H3. The highest BCUT2D eigenvalue weighted by Gasteiger charge is 2.43. The second-order valence-corrected chi connectivity index (χ2v) is 7.97. The van der Waals surface area contributed by atoms with Gasteiger partial charge in [-0.15, -0.1) is 0 Å². The zero-order chi connectivity index (χ0) is 18.0. The average Bonchev–Trinajstić information content (AvgIpc) is 2.58. The van der Waals surface area contributed by atoms with Gasteiger partial charge in [0.2, 0.25) is 5.91 Å². The lowest BCUT2D eigenvalue weighted by Gasteiger charge is -2.43. The molecule has 134 valence electrons. The average molecular weight is 359 g/mol. The summed E-state index contributed by atoms with van der Waals surface area (Å²) in [5, 5.41) is 4.08. The molecule has 1 aliphatic carbocycles. The first-order chi connectivity index (χ1) is 11.9. The molecule has 0 saturated heterocycles. The Hall–Kier alpha value is -1.58. The van der Waals surface area contributed by atoms with Crippen LogP contribution in [0.3, 0.4) is 0 Å². The van der Waals surface area contributed by atoms with E-state index in [0.717, 1.165) is 55.1 Å². The summed E-state index contributed by atoms with van der Waals surface area (Å²) >= 11 is 6.32. The van der Waals surface area contributed by atoms with Gasteiger partial charge in [-0.25, -0.2) is 0 Å². The zero-order valence-corrected chi connectivity index (χ0v) is 16.1. The number of rotatable bonds is 5. The van der Waals surface area contributed by atoms with Gasteiger partial charge in [0.15, 0.2) is 0 Å². The number of aryl methyl sites for hydroxylation is 1. The summed E-state index contributed by atoms with van der Waals surface area (Å²) in [6.45, 7) is 5.10. The number of hydrogen-bond donors (Lipinski definition) is 1. The third-order valence-electron chi connectivity index (χ3n) is 5.32. The van der Waals surface area contributed by atoms with Gasteiger partial charge in [0.05, 0.1) is 5.41 Å². The lowest BCUT2D eigenvalue weighted by molar-refractivity contribution is -0.128. The van der Waals surface area contributed by atoms with E-state index in [1.165, 1.54) is 11.1 Å².